The van der Waals surface area contributed by atoms with Gasteiger partial charge in [0.25, 0.3) is 0 Å². The molecule has 0 saturated carbocycles. The van der Waals surface area contributed by atoms with Gasteiger partial charge in [0.15, 0.2) is 9.84 Å². The van der Waals surface area contributed by atoms with Crippen molar-refractivity contribution >= 4 is 15.8 Å². The van der Waals surface area contributed by atoms with E-state index in [0.29, 0.717) is 17.3 Å². The van der Waals surface area contributed by atoms with Gasteiger partial charge in [-0.3, -0.25) is 0 Å². The van der Waals surface area contributed by atoms with Gasteiger partial charge in [-0.2, -0.15) is 5.10 Å². The fourth-order valence-corrected chi connectivity index (χ4v) is 4.05. The Kier molecular flexibility index (Phi) is 6.25. The minimum absolute atomic E-state index is 0.00609. The smallest absolute Gasteiger partial charge is 0.243 e. The minimum Gasteiger partial charge on any atom is -0.349 e. The predicted octanol–water partition coefficient (Wildman–Crippen LogP) is 2.66. The quantitative estimate of drug-likeness (QED) is 0.789. The van der Waals surface area contributed by atoms with Crippen molar-refractivity contribution in [2.24, 2.45) is 0 Å². The molecule has 6 nitrogen and oxygen atoms in total. The summed E-state index contributed by atoms with van der Waals surface area (Å²) < 4.78 is 25.0. The number of benzene rings is 1. The molecule has 0 spiro atoms. The Morgan fingerprint density at radius 2 is 1.67 bits per heavy atom. The molecule has 0 saturated heterocycles. The van der Waals surface area contributed by atoms with E-state index < -0.39 is 9.84 Å². The van der Waals surface area contributed by atoms with Crippen molar-refractivity contribution in [2.75, 3.05) is 11.1 Å². The Morgan fingerprint density at radius 1 is 1.00 bits per heavy atom. The van der Waals surface area contributed by atoms with Crippen molar-refractivity contribution in [2.45, 2.75) is 51.0 Å². The number of hydrogen-bond acceptors (Lipinski definition) is 6. The van der Waals surface area contributed by atoms with Gasteiger partial charge in [0.05, 0.1) is 22.0 Å². The first kappa shape index (κ1) is 18.3. The topological polar surface area (TPSA) is 84.8 Å². The van der Waals surface area contributed by atoms with E-state index in [1.807, 2.05) is 20.8 Å². The lowest BCUT2D eigenvalue weighted by Crippen LogP contribution is -2.29. The number of anilines is 1. The first-order valence-corrected chi connectivity index (χ1v) is 9.92. The molecule has 1 heterocycles. The summed E-state index contributed by atoms with van der Waals surface area (Å²) in [5.74, 6) is 0.382. The largest absolute Gasteiger partial charge is 0.349 e. The Hall–Kier alpha value is -2.02. The fourth-order valence-electron chi connectivity index (χ4n) is 2.43. The molecule has 0 aliphatic carbocycles. The number of sulfone groups is 1. The Balaban J connectivity index is 2.15. The first-order valence-electron chi connectivity index (χ1n) is 8.26. The van der Waals surface area contributed by atoms with Crippen LogP contribution in [0.2, 0.25) is 0 Å². The maximum Gasteiger partial charge on any atom is 0.243 e. The van der Waals surface area contributed by atoms with Crippen LogP contribution in [0.25, 0.3) is 0 Å². The van der Waals surface area contributed by atoms with Gasteiger partial charge in [-0.1, -0.05) is 39.0 Å². The summed E-state index contributed by atoms with van der Waals surface area (Å²) >= 11 is 0. The molecular weight excluding hydrogens is 324 g/mol. The van der Waals surface area contributed by atoms with Crippen LogP contribution in [0.4, 0.5) is 5.95 Å². The SMILES string of the molecule is CCc1nnc(NC(CC)CS(=O)(=O)c2ccccc2)nc1CC. The van der Waals surface area contributed by atoms with Crippen LogP contribution in [0, 0.1) is 0 Å². The molecule has 24 heavy (non-hydrogen) atoms. The summed E-state index contributed by atoms with van der Waals surface area (Å²) in [5, 5.41) is 11.4. The molecule has 0 amide bonds. The van der Waals surface area contributed by atoms with E-state index in [9.17, 15) is 8.42 Å². The van der Waals surface area contributed by atoms with Gasteiger partial charge >= 0.3 is 0 Å². The zero-order valence-corrected chi connectivity index (χ0v) is 15.2. The molecule has 0 aliphatic heterocycles. The van der Waals surface area contributed by atoms with Crippen LogP contribution in [0.15, 0.2) is 35.2 Å². The molecular formula is C17H24N4O2S. The Bertz CT molecular complexity index is 763. The van der Waals surface area contributed by atoms with E-state index >= 15 is 0 Å². The molecule has 7 heteroatoms. The van der Waals surface area contributed by atoms with Crippen LogP contribution in [0.1, 0.15) is 38.6 Å². The van der Waals surface area contributed by atoms with Gasteiger partial charge in [-0.25, -0.2) is 13.4 Å². The summed E-state index contributed by atoms with van der Waals surface area (Å²) in [6.45, 7) is 5.97. The van der Waals surface area contributed by atoms with Crippen LogP contribution < -0.4 is 5.32 Å². The first-order chi connectivity index (χ1) is 11.5. The lowest BCUT2D eigenvalue weighted by Gasteiger charge is -2.17. The number of aryl methyl sites for hydroxylation is 2. The van der Waals surface area contributed by atoms with Crippen molar-refractivity contribution in [1.29, 1.82) is 0 Å². The maximum absolute atomic E-state index is 12.5. The molecule has 1 N–H and O–H groups in total. The van der Waals surface area contributed by atoms with Crippen molar-refractivity contribution in [3.05, 3.63) is 41.7 Å². The summed E-state index contributed by atoms with van der Waals surface area (Å²) in [6.07, 6.45) is 2.20. The summed E-state index contributed by atoms with van der Waals surface area (Å²) in [5.41, 5.74) is 1.78. The van der Waals surface area contributed by atoms with Crippen LogP contribution in [0.3, 0.4) is 0 Å². The average Bonchev–Trinajstić information content (AvgIpc) is 2.61. The third-order valence-corrected chi connectivity index (χ3v) is 5.69. The van der Waals surface area contributed by atoms with E-state index in [1.165, 1.54) is 0 Å². The van der Waals surface area contributed by atoms with Crippen LogP contribution in [-0.4, -0.2) is 35.4 Å². The lowest BCUT2D eigenvalue weighted by molar-refractivity contribution is 0.587. The zero-order valence-electron chi connectivity index (χ0n) is 14.4. The van der Waals surface area contributed by atoms with Crippen molar-refractivity contribution in [3.8, 4) is 0 Å². The van der Waals surface area contributed by atoms with Crippen molar-refractivity contribution in [1.82, 2.24) is 15.2 Å². The van der Waals surface area contributed by atoms with Gasteiger partial charge in [0.2, 0.25) is 5.95 Å². The molecule has 1 aromatic carbocycles. The molecule has 0 radical (unpaired) electrons. The predicted molar refractivity (Wildman–Crippen MR) is 94.8 cm³/mol. The van der Waals surface area contributed by atoms with Crippen molar-refractivity contribution in [3.63, 3.8) is 0 Å². The average molecular weight is 348 g/mol. The molecule has 130 valence electrons. The molecule has 0 bridgehead atoms. The highest BCUT2D eigenvalue weighted by atomic mass is 32.2. The number of nitrogens with one attached hydrogen (secondary N) is 1. The van der Waals surface area contributed by atoms with E-state index in [4.69, 9.17) is 0 Å². The van der Waals surface area contributed by atoms with Crippen LogP contribution in [-0.2, 0) is 22.7 Å². The summed E-state index contributed by atoms with van der Waals surface area (Å²) in [6, 6.07) is 8.22. The van der Waals surface area contributed by atoms with E-state index in [2.05, 4.69) is 20.5 Å². The number of nitrogens with zero attached hydrogens (tertiary/aromatic N) is 3. The zero-order chi connectivity index (χ0) is 17.6. The molecule has 0 fully saturated rings. The number of hydrogen-bond donors (Lipinski definition) is 1. The third kappa shape index (κ3) is 4.50. The third-order valence-electron chi connectivity index (χ3n) is 3.86. The standard InChI is InChI=1S/C17H24N4O2S/c1-4-13(12-24(22,23)14-10-8-7-9-11-14)18-17-19-15(5-2)16(6-3)20-21-17/h7-11,13H,4-6,12H2,1-3H3,(H,18,19,21). The van der Waals surface area contributed by atoms with Gasteiger partial charge in [-0.05, 0) is 31.4 Å². The lowest BCUT2D eigenvalue weighted by atomic mass is 10.2. The van der Waals surface area contributed by atoms with Gasteiger partial charge in [0, 0.05) is 6.04 Å². The Morgan fingerprint density at radius 3 is 2.25 bits per heavy atom. The minimum atomic E-state index is -3.36. The van der Waals surface area contributed by atoms with E-state index in [-0.39, 0.29) is 11.8 Å². The molecule has 1 unspecified atom stereocenters. The second kappa shape index (κ2) is 8.19. The molecule has 1 atom stereocenters. The van der Waals surface area contributed by atoms with Gasteiger partial charge in [-0.15, -0.1) is 5.10 Å². The van der Waals surface area contributed by atoms with E-state index in [1.54, 1.807) is 30.3 Å². The number of aromatic nitrogens is 3. The number of rotatable bonds is 8. The second-order valence-corrected chi connectivity index (χ2v) is 7.61. The molecule has 0 aliphatic rings. The molecule has 2 rings (SSSR count). The van der Waals surface area contributed by atoms with Crippen LogP contribution in [0.5, 0.6) is 0 Å². The molecule has 1 aromatic heterocycles. The highest BCUT2D eigenvalue weighted by molar-refractivity contribution is 7.91. The monoisotopic (exact) mass is 348 g/mol. The van der Waals surface area contributed by atoms with Gasteiger partial charge < -0.3 is 5.32 Å². The maximum atomic E-state index is 12.5. The Labute approximate surface area is 143 Å². The normalized spacial score (nSPS) is 12.8. The fraction of sp³-hybridized carbons (Fsp3) is 0.471. The van der Waals surface area contributed by atoms with Gasteiger partial charge in [0.1, 0.15) is 0 Å². The highest BCUT2D eigenvalue weighted by Gasteiger charge is 2.21. The van der Waals surface area contributed by atoms with Crippen LogP contribution >= 0.6 is 0 Å². The summed E-state index contributed by atoms with van der Waals surface area (Å²) in [4.78, 5) is 4.81. The second-order valence-electron chi connectivity index (χ2n) is 5.58. The van der Waals surface area contributed by atoms with Crippen molar-refractivity contribution < 1.29 is 8.42 Å². The highest BCUT2D eigenvalue weighted by Crippen LogP contribution is 2.15. The van der Waals surface area contributed by atoms with E-state index in [0.717, 1.165) is 24.2 Å². The molecule has 2 aromatic rings. The summed E-state index contributed by atoms with van der Waals surface area (Å²) in [7, 11) is -3.36.